The summed E-state index contributed by atoms with van der Waals surface area (Å²) in [6.45, 7) is 0. The van der Waals surface area contributed by atoms with E-state index in [1.807, 2.05) is 0 Å². The van der Waals surface area contributed by atoms with Crippen LogP contribution in [0.2, 0.25) is 0 Å². The van der Waals surface area contributed by atoms with Gasteiger partial charge in [0.25, 0.3) is 0 Å². The Balaban J connectivity index is 2.45. The first-order chi connectivity index (χ1) is 9.40. The number of hydrogen-bond donors (Lipinski definition) is 3. The molecule has 0 aliphatic carbocycles. The molecule has 0 unspecified atom stereocenters. The number of benzene rings is 2. The maximum absolute atomic E-state index is 13.2. The average molecular weight is 282 g/mol. The van der Waals surface area contributed by atoms with Gasteiger partial charge < -0.3 is 16.2 Å². The van der Waals surface area contributed by atoms with E-state index in [0.29, 0.717) is 0 Å². The number of nitrogen functional groups attached to an aromatic ring is 1. The van der Waals surface area contributed by atoms with Gasteiger partial charge in [-0.25, -0.2) is 18.0 Å². The fraction of sp³-hybridized carbons (Fsp3) is 0. The summed E-state index contributed by atoms with van der Waals surface area (Å²) in [5.74, 6) is -4.44. The van der Waals surface area contributed by atoms with E-state index < -0.39 is 34.7 Å². The number of carboxylic acids is 1. The molecule has 0 bridgehead atoms. The molecule has 104 valence electrons. The molecule has 0 aliphatic rings. The smallest absolute Gasteiger partial charge is 0.340 e. The second-order valence-corrected chi connectivity index (χ2v) is 3.94. The maximum atomic E-state index is 13.2. The summed E-state index contributed by atoms with van der Waals surface area (Å²) in [5, 5.41) is 11.6. The van der Waals surface area contributed by atoms with E-state index in [-0.39, 0.29) is 11.4 Å². The molecule has 2 aromatic rings. The molecule has 20 heavy (non-hydrogen) atoms. The molecule has 0 amide bonds. The van der Waals surface area contributed by atoms with Crippen molar-refractivity contribution in [1.29, 1.82) is 0 Å². The van der Waals surface area contributed by atoms with E-state index in [0.717, 1.165) is 24.3 Å². The maximum Gasteiger partial charge on any atom is 0.340 e. The monoisotopic (exact) mass is 282 g/mol. The third-order valence-electron chi connectivity index (χ3n) is 2.60. The third kappa shape index (κ3) is 2.51. The minimum Gasteiger partial charge on any atom is -0.478 e. The molecule has 0 saturated heterocycles. The van der Waals surface area contributed by atoms with Crippen molar-refractivity contribution >= 4 is 23.0 Å². The van der Waals surface area contributed by atoms with Crippen molar-refractivity contribution < 1.29 is 23.1 Å². The Kier molecular flexibility index (Phi) is 3.51. The van der Waals surface area contributed by atoms with Gasteiger partial charge in [0.05, 0.1) is 11.4 Å². The van der Waals surface area contributed by atoms with E-state index in [1.165, 1.54) is 6.07 Å². The lowest BCUT2D eigenvalue weighted by atomic mass is 10.1. The van der Waals surface area contributed by atoms with Gasteiger partial charge in [-0.2, -0.15) is 0 Å². The van der Waals surface area contributed by atoms with Crippen LogP contribution in [-0.2, 0) is 0 Å². The van der Waals surface area contributed by atoms with E-state index >= 15 is 0 Å². The fourth-order valence-corrected chi connectivity index (χ4v) is 1.66. The summed E-state index contributed by atoms with van der Waals surface area (Å²) in [5.41, 5.74) is 4.43. The minimum absolute atomic E-state index is 0.0255. The Labute approximate surface area is 111 Å². The van der Waals surface area contributed by atoms with Crippen LogP contribution in [0.15, 0.2) is 30.3 Å². The van der Waals surface area contributed by atoms with Crippen LogP contribution in [0, 0.1) is 17.5 Å². The molecule has 0 atom stereocenters. The highest BCUT2D eigenvalue weighted by atomic mass is 19.2. The SMILES string of the molecule is Nc1c(F)ccc(Nc2ccc(F)c(F)c2)c1C(=O)O. The molecule has 0 heterocycles. The van der Waals surface area contributed by atoms with Gasteiger partial charge in [-0.15, -0.1) is 0 Å². The lowest BCUT2D eigenvalue weighted by Crippen LogP contribution is -2.08. The normalized spacial score (nSPS) is 10.3. The molecule has 4 nitrogen and oxygen atoms in total. The van der Waals surface area contributed by atoms with Gasteiger partial charge in [-0.05, 0) is 24.3 Å². The zero-order valence-corrected chi connectivity index (χ0v) is 9.95. The average Bonchev–Trinajstić information content (AvgIpc) is 2.38. The summed E-state index contributed by atoms with van der Waals surface area (Å²) in [4.78, 5) is 11.1. The van der Waals surface area contributed by atoms with E-state index in [4.69, 9.17) is 10.8 Å². The van der Waals surface area contributed by atoms with Crippen molar-refractivity contribution in [3.05, 3.63) is 53.3 Å². The highest BCUT2D eigenvalue weighted by molar-refractivity contribution is 6.00. The second-order valence-electron chi connectivity index (χ2n) is 3.94. The lowest BCUT2D eigenvalue weighted by Gasteiger charge is -2.12. The largest absolute Gasteiger partial charge is 0.478 e. The predicted octanol–water partition coefficient (Wildman–Crippen LogP) is 3.13. The summed E-state index contributed by atoms with van der Waals surface area (Å²) < 4.78 is 39.1. The molecule has 0 aromatic heterocycles. The molecule has 0 fully saturated rings. The third-order valence-corrected chi connectivity index (χ3v) is 2.60. The van der Waals surface area contributed by atoms with Crippen molar-refractivity contribution in [2.75, 3.05) is 11.1 Å². The molecular formula is C13H9F3N2O2. The number of carbonyl (C=O) groups is 1. The van der Waals surface area contributed by atoms with Crippen LogP contribution in [-0.4, -0.2) is 11.1 Å². The zero-order valence-electron chi connectivity index (χ0n) is 9.95. The van der Waals surface area contributed by atoms with E-state index in [1.54, 1.807) is 0 Å². The highest BCUT2D eigenvalue weighted by Crippen LogP contribution is 2.28. The van der Waals surface area contributed by atoms with Crippen molar-refractivity contribution in [3.8, 4) is 0 Å². The first-order valence-electron chi connectivity index (χ1n) is 5.43. The van der Waals surface area contributed by atoms with Crippen LogP contribution < -0.4 is 11.1 Å². The molecule has 2 rings (SSSR count). The number of nitrogens with two attached hydrogens (primary N) is 1. The van der Waals surface area contributed by atoms with Crippen LogP contribution in [0.5, 0.6) is 0 Å². The molecule has 7 heteroatoms. The number of carboxylic acid groups (broad SMARTS) is 1. The zero-order chi connectivity index (χ0) is 14.9. The van der Waals surface area contributed by atoms with Crippen molar-refractivity contribution in [2.45, 2.75) is 0 Å². The van der Waals surface area contributed by atoms with Gasteiger partial charge in [0.15, 0.2) is 11.6 Å². The molecule has 0 saturated carbocycles. The van der Waals surface area contributed by atoms with Crippen LogP contribution in [0.1, 0.15) is 10.4 Å². The Hall–Kier alpha value is -2.70. The van der Waals surface area contributed by atoms with Crippen LogP contribution in [0.3, 0.4) is 0 Å². The highest BCUT2D eigenvalue weighted by Gasteiger charge is 2.17. The van der Waals surface area contributed by atoms with Crippen LogP contribution >= 0.6 is 0 Å². The molecule has 0 spiro atoms. The number of hydrogen-bond acceptors (Lipinski definition) is 3. The van der Waals surface area contributed by atoms with Gasteiger partial charge in [0.1, 0.15) is 11.4 Å². The van der Waals surface area contributed by atoms with Gasteiger partial charge in [0, 0.05) is 11.8 Å². The Bertz CT molecular complexity index is 690. The van der Waals surface area contributed by atoms with Gasteiger partial charge in [-0.1, -0.05) is 0 Å². The quantitative estimate of drug-likeness (QED) is 0.756. The van der Waals surface area contributed by atoms with Crippen molar-refractivity contribution in [3.63, 3.8) is 0 Å². The Morgan fingerprint density at radius 2 is 1.70 bits per heavy atom. The van der Waals surface area contributed by atoms with Gasteiger partial charge in [0.2, 0.25) is 0 Å². The standard InChI is InChI=1S/C13H9F3N2O2/c14-7-2-1-6(5-9(7)16)18-10-4-3-8(15)12(17)11(10)13(19)20/h1-5,18H,17H2,(H,19,20). The summed E-state index contributed by atoms with van der Waals surface area (Å²) >= 11 is 0. The number of rotatable bonds is 3. The van der Waals surface area contributed by atoms with E-state index in [2.05, 4.69) is 5.32 Å². The predicted molar refractivity (Wildman–Crippen MR) is 67.4 cm³/mol. The first-order valence-corrected chi connectivity index (χ1v) is 5.43. The topological polar surface area (TPSA) is 75.3 Å². The lowest BCUT2D eigenvalue weighted by molar-refractivity contribution is 0.0698. The van der Waals surface area contributed by atoms with Crippen molar-refractivity contribution in [2.24, 2.45) is 0 Å². The molecule has 0 aliphatic heterocycles. The molecule has 0 radical (unpaired) electrons. The fourth-order valence-electron chi connectivity index (χ4n) is 1.66. The summed E-state index contributed by atoms with van der Waals surface area (Å²) in [6, 6.07) is 5.06. The van der Waals surface area contributed by atoms with E-state index in [9.17, 15) is 18.0 Å². The van der Waals surface area contributed by atoms with Crippen LogP contribution in [0.25, 0.3) is 0 Å². The Morgan fingerprint density at radius 1 is 1.05 bits per heavy atom. The summed E-state index contributed by atoms with van der Waals surface area (Å²) in [7, 11) is 0. The number of aromatic carboxylic acids is 1. The second kappa shape index (κ2) is 5.12. The number of anilines is 3. The molecular weight excluding hydrogens is 273 g/mol. The van der Waals surface area contributed by atoms with Crippen molar-refractivity contribution in [1.82, 2.24) is 0 Å². The molecule has 4 N–H and O–H groups in total. The van der Waals surface area contributed by atoms with Gasteiger partial charge in [-0.3, -0.25) is 0 Å². The molecule has 2 aromatic carbocycles. The number of halogens is 3. The minimum atomic E-state index is -1.44. The first kappa shape index (κ1) is 13.7. The van der Waals surface area contributed by atoms with Gasteiger partial charge >= 0.3 is 5.97 Å². The Morgan fingerprint density at radius 3 is 2.30 bits per heavy atom. The number of nitrogens with one attached hydrogen (secondary N) is 1. The van der Waals surface area contributed by atoms with Crippen LogP contribution in [0.4, 0.5) is 30.2 Å². The summed E-state index contributed by atoms with van der Waals surface area (Å²) in [6.07, 6.45) is 0.